The topological polar surface area (TPSA) is 70.7 Å². The third kappa shape index (κ3) is 2.74. The highest BCUT2D eigenvalue weighted by molar-refractivity contribution is 5.94. The molecule has 0 aliphatic rings. The molecule has 0 radical (unpaired) electrons. The van der Waals surface area contributed by atoms with Crippen LogP contribution in [0.5, 0.6) is 0 Å². The molecule has 0 aliphatic heterocycles. The molecule has 5 nitrogen and oxygen atoms in total. The number of benzene rings is 1. The number of amides is 1. The predicted molar refractivity (Wildman–Crippen MR) is 65.5 cm³/mol. The van der Waals surface area contributed by atoms with E-state index in [4.69, 9.17) is 5.26 Å². The first-order valence-corrected chi connectivity index (χ1v) is 5.45. The van der Waals surface area contributed by atoms with Gasteiger partial charge < -0.3 is 5.32 Å². The lowest BCUT2D eigenvalue weighted by atomic mass is 10.1. The molecule has 18 heavy (non-hydrogen) atoms. The van der Waals surface area contributed by atoms with Gasteiger partial charge in [-0.2, -0.15) is 10.4 Å². The number of rotatable bonds is 3. The first-order valence-electron chi connectivity index (χ1n) is 5.45. The molecular weight excluding hydrogens is 228 g/mol. The van der Waals surface area contributed by atoms with Crippen molar-refractivity contribution in [1.29, 1.82) is 5.26 Å². The van der Waals surface area contributed by atoms with Crippen LogP contribution < -0.4 is 5.32 Å². The summed E-state index contributed by atoms with van der Waals surface area (Å²) in [6, 6.07) is 8.61. The summed E-state index contributed by atoms with van der Waals surface area (Å²) in [5.41, 5.74) is 1.89. The van der Waals surface area contributed by atoms with Crippen LogP contribution in [0.25, 0.3) is 0 Å². The summed E-state index contributed by atoms with van der Waals surface area (Å²) in [5, 5.41) is 15.6. The molecule has 0 bridgehead atoms. The van der Waals surface area contributed by atoms with E-state index >= 15 is 0 Å². The van der Waals surface area contributed by atoms with Crippen LogP contribution in [0, 0.1) is 11.3 Å². The Morgan fingerprint density at radius 3 is 3.06 bits per heavy atom. The van der Waals surface area contributed by atoms with Crippen LogP contribution in [0.1, 0.15) is 21.5 Å². The van der Waals surface area contributed by atoms with Crippen molar-refractivity contribution in [2.75, 3.05) is 0 Å². The Balaban J connectivity index is 2.01. The average molecular weight is 240 g/mol. The van der Waals surface area contributed by atoms with Crippen molar-refractivity contribution in [1.82, 2.24) is 15.1 Å². The molecule has 1 aromatic heterocycles. The molecule has 0 saturated heterocycles. The summed E-state index contributed by atoms with van der Waals surface area (Å²) < 4.78 is 1.68. The van der Waals surface area contributed by atoms with Crippen molar-refractivity contribution >= 4 is 5.91 Å². The van der Waals surface area contributed by atoms with Gasteiger partial charge in [-0.05, 0) is 18.2 Å². The van der Waals surface area contributed by atoms with Crippen LogP contribution in [0.4, 0.5) is 0 Å². The first kappa shape index (κ1) is 11.9. The summed E-state index contributed by atoms with van der Waals surface area (Å²) in [7, 11) is 1.82. The minimum absolute atomic E-state index is 0.198. The van der Waals surface area contributed by atoms with Crippen LogP contribution in [-0.2, 0) is 13.6 Å². The molecule has 0 fully saturated rings. The van der Waals surface area contributed by atoms with Gasteiger partial charge in [0.25, 0.3) is 5.91 Å². The Bertz CT molecular complexity index is 609. The van der Waals surface area contributed by atoms with Gasteiger partial charge >= 0.3 is 0 Å². The lowest BCUT2D eigenvalue weighted by Gasteiger charge is -2.03. The van der Waals surface area contributed by atoms with Crippen molar-refractivity contribution in [3.05, 3.63) is 53.3 Å². The molecule has 1 N–H and O–H groups in total. The molecule has 1 amide bonds. The van der Waals surface area contributed by atoms with Gasteiger partial charge in [0, 0.05) is 30.9 Å². The Kier molecular flexibility index (Phi) is 3.39. The third-order valence-electron chi connectivity index (χ3n) is 2.47. The number of carbonyl (C=O) groups excluding carboxylic acids is 1. The highest BCUT2D eigenvalue weighted by Gasteiger charge is 2.06. The molecule has 5 heteroatoms. The third-order valence-corrected chi connectivity index (χ3v) is 2.47. The summed E-state index contributed by atoms with van der Waals surface area (Å²) >= 11 is 0. The maximum absolute atomic E-state index is 11.8. The molecule has 2 rings (SSSR count). The molecule has 1 aromatic carbocycles. The van der Waals surface area contributed by atoms with Gasteiger partial charge in [-0.25, -0.2) is 0 Å². The zero-order chi connectivity index (χ0) is 13.0. The lowest BCUT2D eigenvalue weighted by Crippen LogP contribution is -2.22. The predicted octanol–water partition coefficient (Wildman–Crippen LogP) is 1.22. The monoisotopic (exact) mass is 240 g/mol. The molecule has 0 aliphatic carbocycles. The van der Waals surface area contributed by atoms with Crippen molar-refractivity contribution in [3.8, 4) is 6.07 Å². The van der Waals surface area contributed by atoms with E-state index in [0.29, 0.717) is 17.7 Å². The van der Waals surface area contributed by atoms with E-state index in [2.05, 4.69) is 10.4 Å². The second-order valence-electron chi connectivity index (χ2n) is 3.90. The normalized spacial score (nSPS) is 9.78. The van der Waals surface area contributed by atoms with Crippen LogP contribution in [0.2, 0.25) is 0 Å². The Morgan fingerprint density at radius 2 is 2.39 bits per heavy atom. The fraction of sp³-hybridized carbons (Fsp3) is 0.154. The van der Waals surface area contributed by atoms with E-state index < -0.39 is 0 Å². The highest BCUT2D eigenvalue weighted by Crippen LogP contribution is 2.04. The maximum Gasteiger partial charge on any atom is 0.251 e. The van der Waals surface area contributed by atoms with E-state index in [1.807, 2.05) is 19.3 Å². The molecule has 90 valence electrons. The highest BCUT2D eigenvalue weighted by atomic mass is 16.1. The van der Waals surface area contributed by atoms with Gasteiger partial charge in [0.2, 0.25) is 0 Å². The molecule has 2 aromatic rings. The molecular formula is C13H12N4O. The number of hydrogen-bond donors (Lipinski definition) is 1. The van der Waals surface area contributed by atoms with E-state index in [0.717, 1.165) is 5.56 Å². The zero-order valence-corrected chi connectivity index (χ0v) is 9.92. The lowest BCUT2D eigenvalue weighted by molar-refractivity contribution is 0.0951. The van der Waals surface area contributed by atoms with Gasteiger partial charge in [-0.15, -0.1) is 0 Å². The summed E-state index contributed by atoms with van der Waals surface area (Å²) in [6.07, 6.45) is 3.54. The number of aromatic nitrogens is 2. The maximum atomic E-state index is 11.8. The van der Waals surface area contributed by atoms with Crippen LogP contribution in [0.3, 0.4) is 0 Å². The fourth-order valence-corrected chi connectivity index (χ4v) is 1.58. The van der Waals surface area contributed by atoms with Crippen molar-refractivity contribution in [2.24, 2.45) is 7.05 Å². The number of nitrogens with zero attached hydrogens (tertiary/aromatic N) is 3. The Morgan fingerprint density at radius 1 is 1.56 bits per heavy atom. The van der Waals surface area contributed by atoms with Gasteiger partial charge in [0.05, 0.1) is 17.8 Å². The minimum Gasteiger partial charge on any atom is -0.348 e. The molecule has 0 atom stereocenters. The van der Waals surface area contributed by atoms with Gasteiger partial charge in [0.15, 0.2) is 0 Å². The molecule has 0 saturated carbocycles. The van der Waals surface area contributed by atoms with E-state index in [-0.39, 0.29) is 5.91 Å². The van der Waals surface area contributed by atoms with E-state index in [1.165, 1.54) is 0 Å². The second kappa shape index (κ2) is 5.15. The van der Waals surface area contributed by atoms with Crippen LogP contribution in [0.15, 0.2) is 36.7 Å². The minimum atomic E-state index is -0.198. The molecule has 1 heterocycles. The standard InChI is InChI=1S/C13H12N4O/c1-17-9-11(8-16-17)7-15-13(18)12-4-2-3-10(5-12)6-14/h2-5,8-9H,7H2,1H3,(H,15,18). The quantitative estimate of drug-likeness (QED) is 0.876. The summed E-state index contributed by atoms with van der Waals surface area (Å²) in [6.45, 7) is 0.420. The molecule has 0 unspecified atom stereocenters. The fourth-order valence-electron chi connectivity index (χ4n) is 1.58. The summed E-state index contributed by atoms with van der Waals surface area (Å²) in [5.74, 6) is -0.198. The smallest absolute Gasteiger partial charge is 0.251 e. The van der Waals surface area contributed by atoms with Gasteiger partial charge in [0.1, 0.15) is 0 Å². The zero-order valence-electron chi connectivity index (χ0n) is 9.92. The Labute approximate surface area is 105 Å². The number of hydrogen-bond acceptors (Lipinski definition) is 3. The number of aryl methyl sites for hydroxylation is 1. The van der Waals surface area contributed by atoms with Gasteiger partial charge in [-0.1, -0.05) is 6.07 Å². The SMILES string of the molecule is Cn1cc(CNC(=O)c2cccc(C#N)c2)cn1. The van der Waals surface area contributed by atoms with Crippen molar-refractivity contribution < 1.29 is 4.79 Å². The van der Waals surface area contributed by atoms with Crippen molar-refractivity contribution in [2.45, 2.75) is 6.54 Å². The van der Waals surface area contributed by atoms with E-state index in [1.54, 1.807) is 35.1 Å². The first-order chi connectivity index (χ1) is 8.69. The Hall–Kier alpha value is -2.61. The average Bonchev–Trinajstić information content (AvgIpc) is 2.82. The number of carbonyl (C=O) groups is 1. The number of nitrogens with one attached hydrogen (secondary N) is 1. The van der Waals surface area contributed by atoms with Crippen LogP contribution in [-0.4, -0.2) is 15.7 Å². The van der Waals surface area contributed by atoms with Crippen LogP contribution >= 0.6 is 0 Å². The van der Waals surface area contributed by atoms with Gasteiger partial charge in [-0.3, -0.25) is 9.48 Å². The summed E-state index contributed by atoms with van der Waals surface area (Å²) in [4.78, 5) is 11.8. The molecule has 0 spiro atoms. The largest absolute Gasteiger partial charge is 0.348 e. The number of nitriles is 1. The second-order valence-corrected chi connectivity index (χ2v) is 3.90. The van der Waals surface area contributed by atoms with E-state index in [9.17, 15) is 4.79 Å². The van der Waals surface area contributed by atoms with Crippen molar-refractivity contribution in [3.63, 3.8) is 0 Å².